The molecule has 2 aromatic rings. The average Bonchev–Trinajstić information content (AvgIpc) is 2.96. The fourth-order valence-corrected chi connectivity index (χ4v) is 3.21. The highest BCUT2D eigenvalue weighted by Crippen LogP contribution is 2.29. The molecule has 9 heteroatoms. The van der Waals surface area contributed by atoms with Crippen molar-refractivity contribution in [3.05, 3.63) is 23.4 Å². The molecule has 2 rings (SSSR count). The molecule has 0 radical (unpaired) electrons. The maximum absolute atomic E-state index is 13.0. The van der Waals surface area contributed by atoms with Gasteiger partial charge in [0.05, 0.1) is 24.4 Å². The highest BCUT2D eigenvalue weighted by atomic mass is 19.3. The Hall–Kier alpha value is -2.71. The molecule has 0 saturated heterocycles. The molecule has 0 fully saturated rings. The minimum Gasteiger partial charge on any atom is -0.465 e. The Morgan fingerprint density at radius 2 is 1.69 bits per heavy atom. The van der Waals surface area contributed by atoms with Crippen LogP contribution in [0, 0.1) is 6.92 Å². The maximum atomic E-state index is 13.0. The van der Waals surface area contributed by atoms with Gasteiger partial charge in [-0.05, 0) is 44.9 Å². The topological polar surface area (TPSA) is 73.7 Å². The van der Waals surface area contributed by atoms with Crippen molar-refractivity contribution >= 4 is 28.5 Å². The minimum absolute atomic E-state index is 0.164. The number of aryl methyl sites for hydroxylation is 2. The molecular weight excluding hydrogens is 384 g/mol. The number of hydrogen-bond acceptors (Lipinski definition) is 6. The zero-order chi connectivity index (χ0) is 21.6. The Morgan fingerprint density at radius 1 is 1.10 bits per heavy atom. The number of alkyl halides is 2. The van der Waals surface area contributed by atoms with Gasteiger partial charge >= 0.3 is 11.9 Å². The fourth-order valence-electron chi connectivity index (χ4n) is 3.21. The van der Waals surface area contributed by atoms with Crippen molar-refractivity contribution < 1.29 is 27.8 Å². The van der Waals surface area contributed by atoms with Gasteiger partial charge in [0.2, 0.25) is 0 Å². The number of benzene rings is 1. The number of ether oxygens (including phenoxy) is 2. The standard InChI is InChI=1S/C20H27F2N3O4/c1-5-15-14-8-13(4)16(9-17(14)25(23-15)10-18(21)22)24(11-19(26)28-6-2)12-20(27)29-7-3/h8-9,18H,5-7,10-12H2,1-4H3. The Kier molecular flexibility index (Phi) is 7.92. The first kappa shape index (κ1) is 22.6. The highest BCUT2D eigenvalue weighted by molar-refractivity contribution is 5.89. The summed E-state index contributed by atoms with van der Waals surface area (Å²) in [4.78, 5) is 25.7. The van der Waals surface area contributed by atoms with E-state index < -0.39 is 24.9 Å². The van der Waals surface area contributed by atoms with Crippen molar-refractivity contribution in [2.24, 2.45) is 0 Å². The predicted octanol–water partition coefficient (Wildman–Crippen LogP) is 3.10. The summed E-state index contributed by atoms with van der Waals surface area (Å²) in [6.45, 7) is 6.70. The molecule has 0 amide bonds. The Bertz CT molecular complexity index is 847. The Balaban J connectivity index is 2.52. The molecule has 7 nitrogen and oxygen atoms in total. The number of carbonyl (C=O) groups excluding carboxylic acids is 2. The molecule has 1 aromatic carbocycles. The molecule has 1 heterocycles. The first-order chi connectivity index (χ1) is 13.8. The normalized spacial score (nSPS) is 11.1. The average molecular weight is 411 g/mol. The molecule has 0 bridgehead atoms. The molecule has 0 aliphatic rings. The highest BCUT2D eigenvalue weighted by Gasteiger charge is 2.21. The van der Waals surface area contributed by atoms with E-state index in [4.69, 9.17) is 9.47 Å². The molecule has 0 aliphatic heterocycles. The number of rotatable bonds is 10. The molecule has 0 atom stereocenters. The number of aromatic nitrogens is 2. The maximum Gasteiger partial charge on any atom is 0.325 e. The van der Waals surface area contributed by atoms with Crippen LogP contribution in [-0.2, 0) is 32.0 Å². The molecule has 0 aliphatic carbocycles. The largest absolute Gasteiger partial charge is 0.465 e. The van der Waals surface area contributed by atoms with Crippen molar-refractivity contribution in [1.82, 2.24) is 9.78 Å². The van der Waals surface area contributed by atoms with E-state index in [2.05, 4.69) is 5.10 Å². The fraction of sp³-hybridized carbons (Fsp3) is 0.550. The van der Waals surface area contributed by atoms with E-state index in [1.165, 1.54) is 9.58 Å². The second-order valence-electron chi connectivity index (χ2n) is 6.50. The van der Waals surface area contributed by atoms with E-state index in [1.807, 2.05) is 19.9 Å². The minimum atomic E-state index is -2.55. The lowest BCUT2D eigenvalue weighted by Gasteiger charge is -2.25. The van der Waals surface area contributed by atoms with Gasteiger partial charge in [0.1, 0.15) is 19.6 Å². The molecular formula is C20H27F2N3O4. The van der Waals surface area contributed by atoms with Crippen LogP contribution in [0.25, 0.3) is 10.9 Å². The summed E-state index contributed by atoms with van der Waals surface area (Å²) >= 11 is 0. The van der Waals surface area contributed by atoms with Crippen LogP contribution in [0.15, 0.2) is 12.1 Å². The van der Waals surface area contributed by atoms with Gasteiger partial charge < -0.3 is 14.4 Å². The number of halogens is 2. The molecule has 29 heavy (non-hydrogen) atoms. The van der Waals surface area contributed by atoms with Gasteiger partial charge in [0.25, 0.3) is 6.43 Å². The zero-order valence-corrected chi connectivity index (χ0v) is 17.2. The summed E-state index contributed by atoms with van der Waals surface area (Å²) in [6, 6.07) is 3.54. The van der Waals surface area contributed by atoms with Crippen LogP contribution in [0.4, 0.5) is 14.5 Å². The lowest BCUT2D eigenvalue weighted by molar-refractivity contribution is -0.142. The van der Waals surface area contributed by atoms with E-state index >= 15 is 0 Å². The molecule has 0 unspecified atom stereocenters. The molecule has 0 N–H and O–H groups in total. The summed E-state index contributed by atoms with van der Waals surface area (Å²) in [5.41, 5.74) is 2.60. The second kappa shape index (κ2) is 10.2. The summed E-state index contributed by atoms with van der Waals surface area (Å²) in [5.74, 6) is -0.988. The SMILES string of the molecule is CCOC(=O)CN(CC(=O)OCC)c1cc2c(cc1C)c(CC)nn2CC(F)F. The number of hydrogen-bond donors (Lipinski definition) is 0. The number of fused-ring (bicyclic) bond motifs is 1. The summed E-state index contributed by atoms with van der Waals surface area (Å²) in [7, 11) is 0. The number of anilines is 1. The van der Waals surface area contributed by atoms with Gasteiger partial charge in [-0.25, -0.2) is 8.78 Å². The summed E-state index contributed by atoms with van der Waals surface area (Å²) in [5, 5.41) is 5.08. The summed E-state index contributed by atoms with van der Waals surface area (Å²) in [6.07, 6.45) is -1.95. The van der Waals surface area contributed by atoms with Crippen LogP contribution >= 0.6 is 0 Å². The van der Waals surface area contributed by atoms with E-state index in [1.54, 1.807) is 19.9 Å². The van der Waals surface area contributed by atoms with Crippen molar-refractivity contribution in [2.45, 2.75) is 47.1 Å². The van der Waals surface area contributed by atoms with Gasteiger partial charge in [-0.3, -0.25) is 14.3 Å². The number of carbonyl (C=O) groups is 2. The lowest BCUT2D eigenvalue weighted by Crippen LogP contribution is -2.36. The van der Waals surface area contributed by atoms with Gasteiger partial charge in [0.15, 0.2) is 0 Å². The summed E-state index contributed by atoms with van der Waals surface area (Å²) < 4.78 is 37.3. The van der Waals surface area contributed by atoms with Crippen LogP contribution in [0.3, 0.4) is 0 Å². The van der Waals surface area contributed by atoms with Gasteiger partial charge in [0, 0.05) is 11.1 Å². The van der Waals surface area contributed by atoms with Crippen LogP contribution in [0.2, 0.25) is 0 Å². The third-order valence-corrected chi connectivity index (χ3v) is 4.38. The van der Waals surface area contributed by atoms with Gasteiger partial charge in [-0.1, -0.05) is 6.92 Å². The smallest absolute Gasteiger partial charge is 0.325 e. The Labute approximate surface area is 168 Å². The first-order valence-electron chi connectivity index (χ1n) is 9.64. The Morgan fingerprint density at radius 3 is 2.17 bits per heavy atom. The van der Waals surface area contributed by atoms with Crippen LogP contribution in [-0.4, -0.2) is 54.4 Å². The number of nitrogens with zero attached hydrogens (tertiary/aromatic N) is 3. The second-order valence-corrected chi connectivity index (χ2v) is 6.50. The quantitative estimate of drug-likeness (QED) is 0.560. The third kappa shape index (κ3) is 5.65. The third-order valence-electron chi connectivity index (χ3n) is 4.38. The van der Waals surface area contributed by atoms with Gasteiger partial charge in [-0.2, -0.15) is 5.10 Å². The van der Waals surface area contributed by atoms with E-state index in [-0.39, 0.29) is 26.3 Å². The van der Waals surface area contributed by atoms with Crippen LogP contribution in [0.5, 0.6) is 0 Å². The van der Waals surface area contributed by atoms with Crippen molar-refractivity contribution in [3.63, 3.8) is 0 Å². The van der Waals surface area contributed by atoms with Gasteiger partial charge in [-0.15, -0.1) is 0 Å². The van der Waals surface area contributed by atoms with Crippen molar-refractivity contribution in [2.75, 3.05) is 31.2 Å². The lowest BCUT2D eigenvalue weighted by atomic mass is 10.1. The van der Waals surface area contributed by atoms with Crippen molar-refractivity contribution in [1.29, 1.82) is 0 Å². The molecule has 160 valence electrons. The van der Waals surface area contributed by atoms with Crippen LogP contribution in [0.1, 0.15) is 32.0 Å². The predicted molar refractivity (Wildman–Crippen MR) is 105 cm³/mol. The zero-order valence-electron chi connectivity index (χ0n) is 17.2. The van der Waals surface area contributed by atoms with E-state index in [9.17, 15) is 18.4 Å². The molecule has 1 aromatic heterocycles. The van der Waals surface area contributed by atoms with Crippen molar-refractivity contribution in [3.8, 4) is 0 Å². The monoisotopic (exact) mass is 411 g/mol. The van der Waals surface area contributed by atoms with Crippen LogP contribution < -0.4 is 4.90 Å². The van der Waals surface area contributed by atoms with E-state index in [0.29, 0.717) is 17.6 Å². The van der Waals surface area contributed by atoms with E-state index in [0.717, 1.165) is 16.6 Å². The molecule has 0 spiro atoms. The molecule has 0 saturated carbocycles. The first-order valence-corrected chi connectivity index (χ1v) is 9.64. The number of esters is 2.